The summed E-state index contributed by atoms with van der Waals surface area (Å²) < 4.78 is 1.86. The van der Waals surface area contributed by atoms with Crippen molar-refractivity contribution in [2.24, 2.45) is 7.05 Å². The van der Waals surface area contributed by atoms with Crippen molar-refractivity contribution in [1.29, 1.82) is 0 Å². The highest BCUT2D eigenvalue weighted by Crippen LogP contribution is 2.24. The SMILES string of the molecule is Cn1cncc1[C@@H]1NC(=O)CC[C@H]1NC(=O)c1ccc2ncccc2c1. The van der Waals surface area contributed by atoms with Crippen LogP contribution in [0.5, 0.6) is 0 Å². The van der Waals surface area contributed by atoms with Gasteiger partial charge in [0, 0.05) is 30.6 Å². The van der Waals surface area contributed by atoms with Gasteiger partial charge in [-0.1, -0.05) is 6.07 Å². The fraction of sp³-hybridized carbons (Fsp3) is 0.263. The Bertz CT molecular complexity index is 981. The fourth-order valence-electron chi connectivity index (χ4n) is 3.37. The van der Waals surface area contributed by atoms with Crippen molar-refractivity contribution >= 4 is 22.7 Å². The number of pyridine rings is 1. The predicted molar refractivity (Wildman–Crippen MR) is 96.3 cm³/mol. The predicted octanol–water partition coefficient (Wildman–Crippen LogP) is 1.72. The fourth-order valence-corrected chi connectivity index (χ4v) is 3.37. The largest absolute Gasteiger partial charge is 0.347 e. The smallest absolute Gasteiger partial charge is 0.251 e. The number of carbonyl (C=O) groups is 2. The zero-order valence-electron chi connectivity index (χ0n) is 14.3. The molecule has 1 aliphatic rings. The number of nitrogens with zero attached hydrogens (tertiary/aromatic N) is 3. The molecule has 3 aromatic rings. The Morgan fingerprint density at radius 1 is 1.35 bits per heavy atom. The molecule has 2 atom stereocenters. The van der Waals surface area contributed by atoms with Gasteiger partial charge in [-0.15, -0.1) is 0 Å². The van der Waals surface area contributed by atoms with Gasteiger partial charge in [-0.2, -0.15) is 0 Å². The zero-order chi connectivity index (χ0) is 18.1. The van der Waals surface area contributed by atoms with E-state index in [4.69, 9.17) is 0 Å². The second kappa shape index (κ2) is 6.59. The number of fused-ring (bicyclic) bond motifs is 1. The van der Waals surface area contributed by atoms with E-state index < -0.39 is 0 Å². The molecule has 1 aliphatic heterocycles. The minimum Gasteiger partial charge on any atom is -0.347 e. The molecule has 2 amide bonds. The molecule has 0 unspecified atom stereocenters. The van der Waals surface area contributed by atoms with Crippen molar-refractivity contribution in [2.75, 3.05) is 0 Å². The summed E-state index contributed by atoms with van der Waals surface area (Å²) in [6.45, 7) is 0. The molecule has 7 heteroatoms. The van der Waals surface area contributed by atoms with Crippen LogP contribution in [-0.4, -0.2) is 32.4 Å². The van der Waals surface area contributed by atoms with Gasteiger partial charge < -0.3 is 15.2 Å². The van der Waals surface area contributed by atoms with Crippen molar-refractivity contribution in [3.05, 3.63) is 60.3 Å². The summed E-state index contributed by atoms with van der Waals surface area (Å²) in [6, 6.07) is 8.72. The molecule has 7 nitrogen and oxygen atoms in total. The number of benzene rings is 1. The number of imidazole rings is 1. The van der Waals surface area contributed by atoms with Crippen molar-refractivity contribution in [3.63, 3.8) is 0 Å². The molecule has 132 valence electrons. The standard InChI is InChI=1S/C19H19N5O2/c1-24-11-20-10-16(24)18-15(6-7-17(25)23-18)22-19(26)13-4-5-14-12(9-13)3-2-8-21-14/h2-5,8-11,15,18H,6-7H2,1H3,(H,22,26)(H,23,25)/t15-,18-/m1/s1. The van der Waals surface area contributed by atoms with Gasteiger partial charge in [0.2, 0.25) is 5.91 Å². The van der Waals surface area contributed by atoms with E-state index in [0.717, 1.165) is 16.6 Å². The van der Waals surface area contributed by atoms with Gasteiger partial charge in [-0.3, -0.25) is 14.6 Å². The summed E-state index contributed by atoms with van der Waals surface area (Å²) in [6.07, 6.45) is 6.11. The first-order chi connectivity index (χ1) is 12.6. The number of carbonyl (C=O) groups excluding carboxylic acids is 2. The van der Waals surface area contributed by atoms with Crippen LogP contribution in [0.3, 0.4) is 0 Å². The number of aromatic nitrogens is 3. The summed E-state index contributed by atoms with van der Waals surface area (Å²) in [7, 11) is 1.87. The Labute approximate surface area is 150 Å². The maximum absolute atomic E-state index is 12.8. The quantitative estimate of drug-likeness (QED) is 0.753. The lowest BCUT2D eigenvalue weighted by atomic mass is 9.95. The van der Waals surface area contributed by atoms with E-state index in [9.17, 15) is 9.59 Å². The van der Waals surface area contributed by atoms with Gasteiger partial charge in [-0.25, -0.2) is 4.98 Å². The Balaban J connectivity index is 1.58. The monoisotopic (exact) mass is 349 g/mol. The maximum atomic E-state index is 12.8. The maximum Gasteiger partial charge on any atom is 0.251 e. The van der Waals surface area contributed by atoms with E-state index in [-0.39, 0.29) is 23.9 Å². The first-order valence-electron chi connectivity index (χ1n) is 8.53. The third-order valence-corrected chi connectivity index (χ3v) is 4.76. The van der Waals surface area contributed by atoms with E-state index in [1.165, 1.54) is 0 Å². The minimum atomic E-state index is -0.296. The van der Waals surface area contributed by atoms with Crippen LogP contribution in [0.15, 0.2) is 49.1 Å². The Hall–Kier alpha value is -3.22. The summed E-state index contributed by atoms with van der Waals surface area (Å²) >= 11 is 0. The molecule has 1 fully saturated rings. The van der Waals surface area contributed by atoms with E-state index in [0.29, 0.717) is 18.4 Å². The number of nitrogens with one attached hydrogen (secondary N) is 2. The average Bonchev–Trinajstić information content (AvgIpc) is 3.08. The second-order valence-corrected chi connectivity index (χ2v) is 6.50. The molecule has 0 aliphatic carbocycles. The highest BCUT2D eigenvalue weighted by Gasteiger charge is 2.32. The summed E-state index contributed by atoms with van der Waals surface area (Å²) in [5.74, 6) is -0.178. The molecule has 1 saturated heterocycles. The first-order valence-corrected chi connectivity index (χ1v) is 8.53. The molecule has 0 spiro atoms. The molecule has 4 rings (SSSR count). The minimum absolute atomic E-state index is 0.0153. The summed E-state index contributed by atoms with van der Waals surface area (Å²) in [5, 5.41) is 6.96. The normalized spacial score (nSPS) is 20.0. The van der Waals surface area contributed by atoms with Gasteiger partial charge in [0.1, 0.15) is 0 Å². The van der Waals surface area contributed by atoms with Crippen molar-refractivity contribution in [3.8, 4) is 0 Å². The van der Waals surface area contributed by atoms with E-state index in [1.54, 1.807) is 24.8 Å². The van der Waals surface area contributed by atoms with Gasteiger partial charge in [-0.05, 0) is 30.7 Å². The lowest BCUT2D eigenvalue weighted by Crippen LogP contribution is -2.50. The van der Waals surface area contributed by atoms with Crippen LogP contribution in [0, 0.1) is 0 Å². The molecular formula is C19H19N5O2. The number of hydrogen-bond donors (Lipinski definition) is 2. The summed E-state index contributed by atoms with van der Waals surface area (Å²) in [5.41, 5.74) is 2.29. The van der Waals surface area contributed by atoms with Crippen LogP contribution in [-0.2, 0) is 11.8 Å². The zero-order valence-corrected chi connectivity index (χ0v) is 14.3. The van der Waals surface area contributed by atoms with E-state index in [2.05, 4.69) is 20.6 Å². The molecule has 2 N–H and O–H groups in total. The highest BCUT2D eigenvalue weighted by molar-refractivity contribution is 5.98. The van der Waals surface area contributed by atoms with Crippen LogP contribution in [0.25, 0.3) is 10.9 Å². The lowest BCUT2D eigenvalue weighted by Gasteiger charge is -2.33. The van der Waals surface area contributed by atoms with Crippen LogP contribution in [0.2, 0.25) is 0 Å². The number of rotatable bonds is 3. The highest BCUT2D eigenvalue weighted by atomic mass is 16.2. The van der Waals surface area contributed by atoms with Crippen molar-refractivity contribution in [2.45, 2.75) is 24.9 Å². The Kier molecular flexibility index (Phi) is 4.12. The Morgan fingerprint density at radius 2 is 2.23 bits per heavy atom. The van der Waals surface area contributed by atoms with Crippen molar-refractivity contribution < 1.29 is 9.59 Å². The second-order valence-electron chi connectivity index (χ2n) is 6.50. The van der Waals surface area contributed by atoms with Crippen LogP contribution in [0.1, 0.15) is 34.9 Å². The molecule has 0 radical (unpaired) electrons. The van der Waals surface area contributed by atoms with Gasteiger partial charge >= 0.3 is 0 Å². The third kappa shape index (κ3) is 3.03. The van der Waals surface area contributed by atoms with Gasteiger partial charge in [0.15, 0.2) is 0 Å². The number of piperidine rings is 1. The number of amides is 2. The van der Waals surface area contributed by atoms with Gasteiger partial charge in [0.25, 0.3) is 5.91 Å². The van der Waals surface area contributed by atoms with Gasteiger partial charge in [0.05, 0.1) is 35.8 Å². The van der Waals surface area contributed by atoms with E-state index in [1.807, 2.05) is 35.9 Å². The van der Waals surface area contributed by atoms with Crippen LogP contribution >= 0.6 is 0 Å². The topological polar surface area (TPSA) is 88.9 Å². The van der Waals surface area contributed by atoms with Crippen molar-refractivity contribution in [1.82, 2.24) is 25.2 Å². The number of aryl methyl sites for hydroxylation is 1. The third-order valence-electron chi connectivity index (χ3n) is 4.76. The lowest BCUT2D eigenvalue weighted by molar-refractivity contribution is -0.123. The van der Waals surface area contributed by atoms with Crippen LogP contribution < -0.4 is 10.6 Å². The first kappa shape index (κ1) is 16.3. The molecule has 2 aromatic heterocycles. The van der Waals surface area contributed by atoms with E-state index >= 15 is 0 Å². The summed E-state index contributed by atoms with van der Waals surface area (Å²) in [4.78, 5) is 33.0. The molecule has 1 aromatic carbocycles. The molecule has 0 bridgehead atoms. The molecular weight excluding hydrogens is 330 g/mol. The molecule has 3 heterocycles. The van der Waals surface area contributed by atoms with Crippen LogP contribution in [0.4, 0.5) is 0 Å². The Morgan fingerprint density at radius 3 is 3.04 bits per heavy atom. The molecule has 0 saturated carbocycles. The average molecular weight is 349 g/mol. The molecule has 26 heavy (non-hydrogen) atoms. The number of hydrogen-bond acceptors (Lipinski definition) is 4.